The lowest BCUT2D eigenvalue weighted by molar-refractivity contribution is 0.138. The molecule has 0 amide bonds. The highest BCUT2D eigenvalue weighted by Crippen LogP contribution is 2.34. The van der Waals surface area contributed by atoms with E-state index < -0.39 is 0 Å². The van der Waals surface area contributed by atoms with Crippen molar-refractivity contribution in [3.63, 3.8) is 0 Å². The molecule has 1 nitrogen and oxygen atoms in total. The van der Waals surface area contributed by atoms with Gasteiger partial charge < -0.3 is 5.11 Å². The van der Waals surface area contributed by atoms with Crippen LogP contribution in [0.25, 0.3) is 0 Å². The summed E-state index contributed by atoms with van der Waals surface area (Å²) < 4.78 is 0. The summed E-state index contributed by atoms with van der Waals surface area (Å²) in [5, 5.41) is 9.58. The summed E-state index contributed by atoms with van der Waals surface area (Å²) >= 11 is 0. The minimum atomic E-state index is 0.0133. The molecule has 1 fully saturated rings. The molecule has 13 heavy (non-hydrogen) atoms. The van der Waals surface area contributed by atoms with Gasteiger partial charge in [0.1, 0.15) is 0 Å². The Labute approximate surface area is 81.9 Å². The van der Waals surface area contributed by atoms with Crippen LogP contribution >= 0.6 is 0 Å². The molecule has 76 valence electrons. The van der Waals surface area contributed by atoms with Crippen molar-refractivity contribution in [3.8, 4) is 0 Å². The third kappa shape index (κ3) is 5.09. The molecule has 0 aromatic rings. The van der Waals surface area contributed by atoms with Crippen molar-refractivity contribution in [2.75, 3.05) is 0 Å². The summed E-state index contributed by atoms with van der Waals surface area (Å²) in [6.07, 6.45) is 11.7. The van der Waals surface area contributed by atoms with Crippen LogP contribution < -0.4 is 0 Å². The molecule has 0 radical (unpaired) electrons. The molecule has 0 bridgehead atoms. The highest BCUT2D eigenvalue weighted by molar-refractivity contribution is 4.80. The molecule has 1 aliphatic rings. The van der Waals surface area contributed by atoms with Gasteiger partial charge in [-0.2, -0.15) is 0 Å². The first-order chi connectivity index (χ1) is 6.34. The normalized spacial score (nSPS) is 18.5. The fraction of sp³-hybridized carbons (Fsp3) is 0.833. The first kappa shape index (κ1) is 10.8. The molecular weight excluding hydrogens is 160 g/mol. The fourth-order valence-electron chi connectivity index (χ4n) is 1.71. The number of aliphatic hydroxyl groups excluding tert-OH is 1. The summed E-state index contributed by atoms with van der Waals surface area (Å²) in [5.74, 6) is 0.660. The van der Waals surface area contributed by atoms with Gasteiger partial charge in [0, 0.05) is 0 Å². The minimum Gasteiger partial charge on any atom is -0.393 e. The van der Waals surface area contributed by atoms with Crippen LogP contribution in [0.2, 0.25) is 0 Å². The summed E-state index contributed by atoms with van der Waals surface area (Å²) in [4.78, 5) is 0. The van der Waals surface area contributed by atoms with E-state index in [1.54, 1.807) is 0 Å². The molecule has 1 N–H and O–H groups in total. The molecule has 0 aliphatic heterocycles. The summed E-state index contributed by atoms with van der Waals surface area (Å²) in [6, 6.07) is 0. The number of hydrogen-bond acceptors (Lipinski definition) is 1. The first-order valence-electron chi connectivity index (χ1n) is 5.63. The molecular formula is C12H22O. The average Bonchev–Trinajstić information content (AvgIpc) is 2.93. The Kier molecular flexibility index (Phi) is 5.14. The number of hydrogen-bond donors (Lipinski definition) is 1. The maximum atomic E-state index is 9.58. The van der Waals surface area contributed by atoms with Gasteiger partial charge in [-0.1, -0.05) is 25.3 Å². The van der Waals surface area contributed by atoms with Crippen molar-refractivity contribution in [1.82, 2.24) is 0 Å². The zero-order valence-electron chi connectivity index (χ0n) is 8.54. The van der Waals surface area contributed by atoms with Crippen molar-refractivity contribution >= 4 is 0 Å². The summed E-state index contributed by atoms with van der Waals surface area (Å²) in [7, 11) is 0. The molecule has 0 spiro atoms. The summed E-state index contributed by atoms with van der Waals surface area (Å²) in [5.41, 5.74) is 0. The van der Waals surface area contributed by atoms with E-state index in [2.05, 4.69) is 6.58 Å². The van der Waals surface area contributed by atoms with Crippen molar-refractivity contribution in [1.29, 1.82) is 0 Å². The molecule has 1 saturated carbocycles. The third-order valence-corrected chi connectivity index (χ3v) is 2.82. The van der Waals surface area contributed by atoms with E-state index in [0.29, 0.717) is 5.92 Å². The lowest BCUT2D eigenvalue weighted by Gasteiger charge is -2.07. The highest BCUT2D eigenvalue weighted by Gasteiger charge is 2.28. The quantitative estimate of drug-likeness (QED) is 0.451. The van der Waals surface area contributed by atoms with Gasteiger partial charge in [-0.15, -0.1) is 6.58 Å². The average molecular weight is 182 g/mol. The Hall–Kier alpha value is -0.300. The van der Waals surface area contributed by atoms with Crippen LogP contribution in [0.15, 0.2) is 12.7 Å². The third-order valence-electron chi connectivity index (χ3n) is 2.82. The highest BCUT2D eigenvalue weighted by atomic mass is 16.3. The van der Waals surface area contributed by atoms with E-state index in [9.17, 15) is 5.11 Å². The van der Waals surface area contributed by atoms with Crippen molar-refractivity contribution < 1.29 is 5.11 Å². The van der Waals surface area contributed by atoms with Crippen molar-refractivity contribution in [3.05, 3.63) is 12.7 Å². The van der Waals surface area contributed by atoms with Crippen LogP contribution in [-0.2, 0) is 0 Å². The molecule has 0 aromatic heterocycles. The fourth-order valence-corrected chi connectivity index (χ4v) is 1.71. The molecule has 1 atom stereocenters. The number of allylic oxidation sites excluding steroid dienone is 1. The standard InChI is InChI=1S/C12H22O/c1-2-3-4-5-6-7-8-12(13)11-9-10-11/h2,11-13H,1,3-10H2. The molecule has 1 heteroatoms. The Morgan fingerprint density at radius 2 is 1.92 bits per heavy atom. The lowest BCUT2D eigenvalue weighted by Crippen LogP contribution is -2.08. The second-order valence-electron chi connectivity index (χ2n) is 4.19. The predicted molar refractivity (Wildman–Crippen MR) is 56.6 cm³/mol. The van der Waals surface area contributed by atoms with E-state index in [1.165, 1.54) is 38.5 Å². The minimum absolute atomic E-state index is 0.0133. The smallest absolute Gasteiger partial charge is 0.0568 e. The Balaban J connectivity index is 1.80. The largest absolute Gasteiger partial charge is 0.393 e. The summed E-state index contributed by atoms with van der Waals surface area (Å²) in [6.45, 7) is 3.70. The van der Waals surface area contributed by atoms with Gasteiger partial charge >= 0.3 is 0 Å². The predicted octanol–water partition coefficient (Wildman–Crippen LogP) is 3.28. The lowest BCUT2D eigenvalue weighted by atomic mass is 10.1. The van der Waals surface area contributed by atoms with Crippen molar-refractivity contribution in [2.24, 2.45) is 5.92 Å². The SMILES string of the molecule is C=CCCCCCCC(O)C1CC1. The van der Waals surface area contributed by atoms with Crippen LogP contribution in [0.4, 0.5) is 0 Å². The van der Waals surface area contributed by atoms with Crippen LogP contribution in [-0.4, -0.2) is 11.2 Å². The molecule has 1 aliphatic carbocycles. The van der Waals surface area contributed by atoms with Gasteiger partial charge in [-0.3, -0.25) is 0 Å². The molecule has 0 heterocycles. The Bertz CT molecular complexity index is 138. The zero-order valence-corrected chi connectivity index (χ0v) is 8.54. The first-order valence-corrected chi connectivity index (χ1v) is 5.63. The van der Waals surface area contributed by atoms with E-state index in [0.717, 1.165) is 12.8 Å². The topological polar surface area (TPSA) is 20.2 Å². The van der Waals surface area contributed by atoms with Gasteiger partial charge in [0.25, 0.3) is 0 Å². The maximum absolute atomic E-state index is 9.58. The maximum Gasteiger partial charge on any atom is 0.0568 e. The van der Waals surface area contributed by atoms with Crippen LogP contribution in [0.3, 0.4) is 0 Å². The van der Waals surface area contributed by atoms with Gasteiger partial charge in [-0.05, 0) is 38.0 Å². The molecule has 0 aromatic carbocycles. The van der Waals surface area contributed by atoms with E-state index in [4.69, 9.17) is 0 Å². The van der Waals surface area contributed by atoms with Gasteiger partial charge in [0.15, 0.2) is 0 Å². The second-order valence-corrected chi connectivity index (χ2v) is 4.19. The van der Waals surface area contributed by atoms with E-state index in [-0.39, 0.29) is 6.10 Å². The van der Waals surface area contributed by atoms with Crippen LogP contribution in [0.5, 0.6) is 0 Å². The number of aliphatic hydroxyl groups is 1. The van der Waals surface area contributed by atoms with Gasteiger partial charge in [-0.25, -0.2) is 0 Å². The zero-order chi connectivity index (χ0) is 9.52. The van der Waals surface area contributed by atoms with Gasteiger partial charge in [0.05, 0.1) is 6.10 Å². The van der Waals surface area contributed by atoms with Gasteiger partial charge in [0.2, 0.25) is 0 Å². The molecule has 0 saturated heterocycles. The number of rotatable bonds is 8. The van der Waals surface area contributed by atoms with Crippen LogP contribution in [0, 0.1) is 5.92 Å². The number of unbranched alkanes of at least 4 members (excludes halogenated alkanes) is 4. The van der Waals surface area contributed by atoms with E-state index in [1.807, 2.05) is 6.08 Å². The van der Waals surface area contributed by atoms with Crippen molar-refractivity contribution in [2.45, 2.75) is 57.5 Å². The Morgan fingerprint density at radius 1 is 1.23 bits per heavy atom. The molecule has 1 unspecified atom stereocenters. The monoisotopic (exact) mass is 182 g/mol. The van der Waals surface area contributed by atoms with E-state index >= 15 is 0 Å². The Morgan fingerprint density at radius 3 is 2.54 bits per heavy atom. The molecule has 1 rings (SSSR count). The second kappa shape index (κ2) is 6.20. The van der Waals surface area contributed by atoms with Crippen LogP contribution in [0.1, 0.15) is 51.4 Å².